The van der Waals surface area contributed by atoms with Crippen molar-refractivity contribution in [1.82, 2.24) is 0 Å². The van der Waals surface area contributed by atoms with Crippen LogP contribution in [0.5, 0.6) is 5.75 Å². The Morgan fingerprint density at radius 3 is 2.67 bits per heavy atom. The number of phenols is 1. The minimum Gasteiger partial charge on any atom is -0.508 e. The molecule has 0 bridgehead atoms. The number of amides is 1. The summed E-state index contributed by atoms with van der Waals surface area (Å²) in [7, 11) is 0. The van der Waals surface area contributed by atoms with E-state index < -0.39 is 12.0 Å². The van der Waals surface area contributed by atoms with Crippen LogP contribution in [0.25, 0.3) is 0 Å². The number of ether oxygens (including phenoxy) is 1. The number of carbonyl (C=O) groups excluding carboxylic acids is 1. The topological polar surface area (TPSA) is 87.1 Å². The van der Waals surface area contributed by atoms with Crippen molar-refractivity contribution < 1.29 is 24.5 Å². The Morgan fingerprint density at radius 2 is 2.06 bits per heavy atom. The molecule has 96 valence electrons. The maximum absolute atomic E-state index is 11.8. The van der Waals surface area contributed by atoms with E-state index in [-0.39, 0.29) is 31.3 Å². The number of aromatic hydroxyl groups is 1. The van der Waals surface area contributed by atoms with Crippen LogP contribution in [0, 0.1) is 0 Å². The molecule has 1 unspecified atom stereocenters. The van der Waals surface area contributed by atoms with E-state index in [1.165, 1.54) is 17.0 Å². The molecule has 6 nitrogen and oxygen atoms in total. The summed E-state index contributed by atoms with van der Waals surface area (Å²) in [6.07, 6.45) is -0.174. The van der Waals surface area contributed by atoms with Crippen LogP contribution in [-0.4, -0.2) is 41.3 Å². The number of carbonyl (C=O) groups is 2. The molecule has 2 N–H and O–H groups in total. The highest BCUT2D eigenvalue weighted by Gasteiger charge is 2.31. The van der Waals surface area contributed by atoms with Crippen LogP contribution in [-0.2, 0) is 14.3 Å². The number of rotatable bonds is 3. The van der Waals surface area contributed by atoms with E-state index in [9.17, 15) is 14.7 Å². The van der Waals surface area contributed by atoms with E-state index in [1.807, 2.05) is 0 Å². The van der Waals surface area contributed by atoms with Crippen molar-refractivity contribution >= 4 is 17.6 Å². The average Bonchev–Trinajstić information content (AvgIpc) is 2.30. The first-order chi connectivity index (χ1) is 8.58. The highest BCUT2D eigenvalue weighted by Crippen LogP contribution is 2.24. The predicted octanol–water partition coefficient (Wildman–Crippen LogP) is 0.599. The molecule has 1 aromatic carbocycles. The highest BCUT2D eigenvalue weighted by molar-refractivity contribution is 5.96. The Hall–Kier alpha value is -2.08. The summed E-state index contributed by atoms with van der Waals surface area (Å²) in [5, 5.41) is 18.0. The van der Waals surface area contributed by atoms with Crippen LogP contribution in [0.1, 0.15) is 6.42 Å². The molecule has 1 aliphatic rings. The fraction of sp³-hybridized carbons (Fsp3) is 0.333. The minimum atomic E-state index is -0.984. The molecule has 0 aliphatic carbocycles. The lowest BCUT2D eigenvalue weighted by Crippen LogP contribution is -2.50. The van der Waals surface area contributed by atoms with Crippen LogP contribution in [0.3, 0.4) is 0 Å². The molecule has 0 radical (unpaired) electrons. The second-order valence-electron chi connectivity index (χ2n) is 4.05. The van der Waals surface area contributed by atoms with Crippen molar-refractivity contribution in [2.45, 2.75) is 12.5 Å². The van der Waals surface area contributed by atoms with Gasteiger partial charge in [-0.25, -0.2) is 0 Å². The van der Waals surface area contributed by atoms with Crippen molar-refractivity contribution in [3.63, 3.8) is 0 Å². The molecule has 0 spiro atoms. The van der Waals surface area contributed by atoms with Gasteiger partial charge >= 0.3 is 5.97 Å². The molecule has 1 aromatic rings. The summed E-state index contributed by atoms with van der Waals surface area (Å²) in [6, 6.07) is 5.54. The normalized spacial score (nSPS) is 19.9. The van der Waals surface area contributed by atoms with Gasteiger partial charge in [-0.05, 0) is 24.3 Å². The molecule has 1 saturated heterocycles. The molecule has 1 amide bonds. The molecule has 18 heavy (non-hydrogen) atoms. The SMILES string of the molecule is O=C(O)CC1COCC(=O)N1c1ccc(O)cc1. The second-order valence-corrected chi connectivity index (χ2v) is 4.05. The maximum Gasteiger partial charge on any atom is 0.305 e. The Bertz CT molecular complexity index is 456. The van der Waals surface area contributed by atoms with Crippen LogP contribution < -0.4 is 4.90 Å². The van der Waals surface area contributed by atoms with E-state index >= 15 is 0 Å². The van der Waals surface area contributed by atoms with Crippen LogP contribution in [0.2, 0.25) is 0 Å². The number of carboxylic acid groups (broad SMARTS) is 1. The molecule has 0 aromatic heterocycles. The predicted molar refractivity (Wildman–Crippen MR) is 62.5 cm³/mol. The number of hydrogen-bond donors (Lipinski definition) is 2. The van der Waals surface area contributed by atoms with E-state index in [2.05, 4.69) is 0 Å². The summed E-state index contributed by atoms with van der Waals surface area (Å²) in [5.74, 6) is -1.17. The number of phenolic OH excluding ortho intramolecular Hbond substituents is 1. The van der Waals surface area contributed by atoms with Gasteiger partial charge in [0.25, 0.3) is 5.91 Å². The molecule has 6 heteroatoms. The number of aliphatic carboxylic acids is 1. The van der Waals surface area contributed by atoms with Gasteiger partial charge in [-0.1, -0.05) is 0 Å². The first-order valence-electron chi connectivity index (χ1n) is 5.48. The number of hydrogen-bond acceptors (Lipinski definition) is 4. The summed E-state index contributed by atoms with van der Waals surface area (Å²) < 4.78 is 5.07. The van der Waals surface area contributed by atoms with Gasteiger partial charge in [-0.3, -0.25) is 9.59 Å². The monoisotopic (exact) mass is 251 g/mol. The lowest BCUT2D eigenvalue weighted by atomic mass is 10.1. The van der Waals surface area contributed by atoms with Gasteiger partial charge in [0.15, 0.2) is 0 Å². The van der Waals surface area contributed by atoms with Gasteiger partial charge in [-0.2, -0.15) is 0 Å². The zero-order chi connectivity index (χ0) is 13.1. The molecular weight excluding hydrogens is 238 g/mol. The molecule has 0 saturated carbocycles. The Morgan fingerprint density at radius 1 is 1.39 bits per heavy atom. The summed E-state index contributed by atoms with van der Waals surface area (Å²) in [4.78, 5) is 24.0. The van der Waals surface area contributed by atoms with Crippen molar-refractivity contribution in [1.29, 1.82) is 0 Å². The van der Waals surface area contributed by atoms with Crippen molar-refractivity contribution in [2.75, 3.05) is 18.1 Å². The highest BCUT2D eigenvalue weighted by atomic mass is 16.5. The quantitative estimate of drug-likeness (QED) is 0.821. The molecule has 1 atom stereocenters. The first-order valence-corrected chi connectivity index (χ1v) is 5.48. The van der Waals surface area contributed by atoms with Gasteiger partial charge in [0.05, 0.1) is 19.1 Å². The third-order valence-corrected chi connectivity index (χ3v) is 2.71. The zero-order valence-corrected chi connectivity index (χ0v) is 9.57. The molecule has 1 aliphatic heterocycles. The Balaban J connectivity index is 2.26. The summed E-state index contributed by atoms with van der Waals surface area (Å²) in [6.45, 7) is 0.135. The van der Waals surface area contributed by atoms with Crippen LogP contribution in [0.15, 0.2) is 24.3 Å². The maximum atomic E-state index is 11.8. The van der Waals surface area contributed by atoms with Gasteiger partial charge in [0.2, 0.25) is 0 Å². The van der Waals surface area contributed by atoms with Crippen LogP contribution >= 0.6 is 0 Å². The van der Waals surface area contributed by atoms with Gasteiger partial charge in [-0.15, -0.1) is 0 Å². The Kier molecular flexibility index (Phi) is 3.47. The smallest absolute Gasteiger partial charge is 0.305 e. The van der Waals surface area contributed by atoms with Crippen LogP contribution in [0.4, 0.5) is 5.69 Å². The van der Waals surface area contributed by atoms with Gasteiger partial charge in [0.1, 0.15) is 12.4 Å². The van der Waals surface area contributed by atoms with Crippen molar-refractivity contribution in [2.24, 2.45) is 0 Å². The molecule has 2 rings (SSSR count). The number of morpholine rings is 1. The number of carboxylic acids is 1. The second kappa shape index (κ2) is 5.05. The minimum absolute atomic E-state index is 0.0585. The van der Waals surface area contributed by atoms with Crippen molar-refractivity contribution in [3.8, 4) is 5.75 Å². The number of anilines is 1. The number of nitrogens with zero attached hydrogens (tertiary/aromatic N) is 1. The van der Waals surface area contributed by atoms with E-state index in [0.717, 1.165) is 0 Å². The molecule has 1 heterocycles. The standard InChI is InChI=1S/C12H13NO5/c14-10-3-1-8(2-4-10)13-9(5-12(16)17)6-18-7-11(13)15/h1-4,9,14H,5-7H2,(H,16,17). The third-order valence-electron chi connectivity index (χ3n) is 2.71. The fourth-order valence-corrected chi connectivity index (χ4v) is 1.95. The van der Waals surface area contributed by atoms with Crippen molar-refractivity contribution in [3.05, 3.63) is 24.3 Å². The van der Waals surface area contributed by atoms with E-state index in [0.29, 0.717) is 5.69 Å². The zero-order valence-electron chi connectivity index (χ0n) is 9.57. The fourth-order valence-electron chi connectivity index (χ4n) is 1.95. The Labute approximate surface area is 103 Å². The lowest BCUT2D eigenvalue weighted by molar-refractivity contribution is -0.138. The average molecular weight is 251 g/mol. The van der Waals surface area contributed by atoms with E-state index in [4.69, 9.17) is 9.84 Å². The third kappa shape index (κ3) is 2.60. The summed E-state index contributed by atoms with van der Waals surface area (Å²) >= 11 is 0. The molecule has 1 fully saturated rings. The first kappa shape index (κ1) is 12.4. The van der Waals surface area contributed by atoms with Gasteiger partial charge < -0.3 is 19.8 Å². The summed E-state index contributed by atoms with van der Waals surface area (Å²) in [5.41, 5.74) is 0.562. The van der Waals surface area contributed by atoms with Gasteiger partial charge in [0, 0.05) is 5.69 Å². The largest absolute Gasteiger partial charge is 0.508 e. The van der Waals surface area contributed by atoms with E-state index in [1.54, 1.807) is 12.1 Å². The number of benzene rings is 1. The molecular formula is C12H13NO5. The lowest BCUT2D eigenvalue weighted by Gasteiger charge is -2.34.